The van der Waals surface area contributed by atoms with Crippen molar-refractivity contribution >= 4 is 17.3 Å². The maximum atomic E-state index is 6.01. The quantitative estimate of drug-likeness (QED) is 0.890. The Kier molecular flexibility index (Phi) is 5.12. The molecule has 2 rings (SSSR count). The molecule has 0 aromatic heterocycles. The Morgan fingerprint density at radius 2 is 2.26 bits per heavy atom. The second kappa shape index (κ2) is 6.62. The van der Waals surface area contributed by atoms with Crippen LogP contribution in [0.3, 0.4) is 0 Å². The van der Waals surface area contributed by atoms with Gasteiger partial charge in [-0.15, -0.1) is 0 Å². The molecule has 2 nitrogen and oxygen atoms in total. The van der Waals surface area contributed by atoms with Crippen molar-refractivity contribution in [3.63, 3.8) is 0 Å². The van der Waals surface area contributed by atoms with Gasteiger partial charge in [0.25, 0.3) is 0 Å². The largest absolute Gasteiger partial charge is 0.382 e. The molecule has 106 valence electrons. The van der Waals surface area contributed by atoms with Crippen molar-refractivity contribution < 1.29 is 0 Å². The van der Waals surface area contributed by atoms with Crippen molar-refractivity contribution in [2.45, 2.75) is 39.7 Å². The van der Waals surface area contributed by atoms with Crippen molar-refractivity contribution in [1.29, 1.82) is 0 Å². The molecule has 0 saturated carbocycles. The highest BCUT2D eigenvalue weighted by Gasteiger charge is 2.23. The van der Waals surface area contributed by atoms with Gasteiger partial charge in [0, 0.05) is 23.3 Å². The predicted molar refractivity (Wildman–Crippen MR) is 84.1 cm³/mol. The van der Waals surface area contributed by atoms with Gasteiger partial charge in [0.2, 0.25) is 0 Å². The van der Waals surface area contributed by atoms with Gasteiger partial charge in [-0.25, -0.2) is 0 Å². The molecule has 19 heavy (non-hydrogen) atoms. The van der Waals surface area contributed by atoms with Gasteiger partial charge in [0.1, 0.15) is 0 Å². The van der Waals surface area contributed by atoms with Gasteiger partial charge in [-0.3, -0.25) is 0 Å². The monoisotopic (exact) mass is 280 g/mol. The summed E-state index contributed by atoms with van der Waals surface area (Å²) in [7, 11) is 0. The molecule has 1 aromatic carbocycles. The summed E-state index contributed by atoms with van der Waals surface area (Å²) in [6.07, 6.45) is 2.65. The number of hydrogen-bond donors (Lipinski definition) is 1. The lowest BCUT2D eigenvalue weighted by atomic mass is 9.91. The van der Waals surface area contributed by atoms with Gasteiger partial charge in [-0.05, 0) is 69.5 Å². The minimum absolute atomic E-state index is 0.509. The SMILES string of the molecule is CCN1CCCC(C(C)Nc2ccc(Cl)cc2C)C1. The Labute approximate surface area is 122 Å². The van der Waals surface area contributed by atoms with Crippen LogP contribution in [0.25, 0.3) is 0 Å². The van der Waals surface area contributed by atoms with Crippen molar-refractivity contribution in [2.24, 2.45) is 5.92 Å². The van der Waals surface area contributed by atoms with Crippen LogP contribution < -0.4 is 5.32 Å². The smallest absolute Gasteiger partial charge is 0.0410 e. The highest BCUT2D eigenvalue weighted by atomic mass is 35.5. The summed E-state index contributed by atoms with van der Waals surface area (Å²) in [4.78, 5) is 2.56. The lowest BCUT2D eigenvalue weighted by Crippen LogP contribution is -2.41. The average molecular weight is 281 g/mol. The molecule has 1 aliphatic rings. The average Bonchev–Trinajstić information content (AvgIpc) is 2.42. The fraction of sp³-hybridized carbons (Fsp3) is 0.625. The summed E-state index contributed by atoms with van der Waals surface area (Å²) in [5.41, 5.74) is 2.44. The number of benzene rings is 1. The van der Waals surface area contributed by atoms with E-state index in [4.69, 9.17) is 11.6 Å². The van der Waals surface area contributed by atoms with Gasteiger partial charge >= 0.3 is 0 Å². The lowest BCUT2D eigenvalue weighted by Gasteiger charge is -2.36. The maximum absolute atomic E-state index is 6.01. The number of rotatable bonds is 4. The Hall–Kier alpha value is -0.730. The normalized spacial score (nSPS) is 22.2. The molecular formula is C16H25ClN2. The van der Waals surface area contributed by atoms with Crippen molar-refractivity contribution in [3.05, 3.63) is 28.8 Å². The van der Waals surface area contributed by atoms with Crippen LogP contribution in [0, 0.1) is 12.8 Å². The van der Waals surface area contributed by atoms with Crippen LogP contribution in [0.5, 0.6) is 0 Å². The zero-order chi connectivity index (χ0) is 13.8. The van der Waals surface area contributed by atoms with Crippen LogP contribution in [0.4, 0.5) is 5.69 Å². The third-order valence-electron chi connectivity index (χ3n) is 4.27. The van der Waals surface area contributed by atoms with Crippen LogP contribution in [-0.2, 0) is 0 Å². The standard InChI is InChI=1S/C16H25ClN2/c1-4-19-9-5-6-14(11-19)13(3)18-16-8-7-15(17)10-12(16)2/h7-8,10,13-14,18H,4-6,9,11H2,1-3H3. The van der Waals surface area contributed by atoms with Gasteiger partial charge in [-0.1, -0.05) is 18.5 Å². The second-order valence-corrected chi connectivity index (χ2v) is 6.12. The molecule has 1 aromatic rings. The summed E-state index contributed by atoms with van der Waals surface area (Å²) < 4.78 is 0. The summed E-state index contributed by atoms with van der Waals surface area (Å²) in [6, 6.07) is 6.59. The van der Waals surface area contributed by atoms with E-state index in [1.54, 1.807) is 0 Å². The van der Waals surface area contributed by atoms with E-state index >= 15 is 0 Å². The first-order chi connectivity index (χ1) is 9.10. The Bertz CT molecular complexity index is 419. The zero-order valence-electron chi connectivity index (χ0n) is 12.2. The first-order valence-corrected chi connectivity index (χ1v) is 7.73. The molecule has 1 saturated heterocycles. The van der Waals surface area contributed by atoms with E-state index in [0.717, 1.165) is 10.9 Å². The molecule has 1 heterocycles. The highest BCUT2D eigenvalue weighted by Crippen LogP contribution is 2.25. The number of aryl methyl sites for hydroxylation is 1. The van der Waals surface area contributed by atoms with E-state index in [1.165, 1.54) is 43.7 Å². The summed E-state index contributed by atoms with van der Waals surface area (Å²) in [5, 5.41) is 4.48. The van der Waals surface area contributed by atoms with Crippen LogP contribution in [-0.4, -0.2) is 30.6 Å². The Morgan fingerprint density at radius 3 is 2.95 bits per heavy atom. The minimum atomic E-state index is 0.509. The van der Waals surface area contributed by atoms with Crippen molar-refractivity contribution in [3.8, 4) is 0 Å². The van der Waals surface area contributed by atoms with E-state index in [1.807, 2.05) is 12.1 Å². The van der Waals surface area contributed by atoms with E-state index in [-0.39, 0.29) is 0 Å². The number of anilines is 1. The topological polar surface area (TPSA) is 15.3 Å². The van der Waals surface area contributed by atoms with Gasteiger partial charge < -0.3 is 10.2 Å². The van der Waals surface area contributed by atoms with E-state index in [2.05, 4.69) is 37.1 Å². The lowest BCUT2D eigenvalue weighted by molar-refractivity contribution is 0.172. The first-order valence-electron chi connectivity index (χ1n) is 7.35. The van der Waals surface area contributed by atoms with E-state index < -0.39 is 0 Å². The number of halogens is 1. The van der Waals surface area contributed by atoms with Crippen LogP contribution in [0.1, 0.15) is 32.3 Å². The fourth-order valence-electron chi connectivity index (χ4n) is 2.94. The first kappa shape index (κ1) is 14.7. The van der Waals surface area contributed by atoms with Crippen molar-refractivity contribution in [2.75, 3.05) is 25.0 Å². The molecule has 1 aliphatic heterocycles. The minimum Gasteiger partial charge on any atom is -0.382 e. The van der Waals surface area contributed by atoms with Gasteiger partial charge in [0.15, 0.2) is 0 Å². The fourth-order valence-corrected chi connectivity index (χ4v) is 3.17. The van der Waals surface area contributed by atoms with Gasteiger partial charge in [-0.2, -0.15) is 0 Å². The Balaban J connectivity index is 1.98. The molecular weight excluding hydrogens is 256 g/mol. The Morgan fingerprint density at radius 1 is 1.47 bits per heavy atom. The third-order valence-corrected chi connectivity index (χ3v) is 4.50. The van der Waals surface area contributed by atoms with Crippen LogP contribution >= 0.6 is 11.6 Å². The number of likely N-dealkylation sites (tertiary alicyclic amines) is 1. The highest BCUT2D eigenvalue weighted by molar-refractivity contribution is 6.30. The molecule has 0 bridgehead atoms. The molecule has 1 N–H and O–H groups in total. The summed E-state index contributed by atoms with van der Waals surface area (Å²) in [5.74, 6) is 0.740. The third kappa shape index (κ3) is 3.87. The summed E-state index contributed by atoms with van der Waals surface area (Å²) >= 11 is 6.01. The summed E-state index contributed by atoms with van der Waals surface area (Å²) in [6.45, 7) is 10.3. The predicted octanol–water partition coefficient (Wildman–Crippen LogP) is 4.18. The molecule has 2 unspecified atom stereocenters. The molecule has 0 aliphatic carbocycles. The van der Waals surface area contributed by atoms with Crippen molar-refractivity contribution in [1.82, 2.24) is 4.90 Å². The zero-order valence-corrected chi connectivity index (χ0v) is 13.0. The molecule has 0 radical (unpaired) electrons. The number of nitrogens with one attached hydrogen (secondary N) is 1. The number of hydrogen-bond acceptors (Lipinski definition) is 2. The number of nitrogens with zero attached hydrogens (tertiary/aromatic N) is 1. The molecule has 3 heteroatoms. The maximum Gasteiger partial charge on any atom is 0.0410 e. The molecule has 2 atom stereocenters. The van der Waals surface area contributed by atoms with Gasteiger partial charge in [0.05, 0.1) is 0 Å². The van der Waals surface area contributed by atoms with E-state index in [9.17, 15) is 0 Å². The molecule has 0 amide bonds. The second-order valence-electron chi connectivity index (χ2n) is 5.69. The molecule has 0 spiro atoms. The number of piperidine rings is 1. The van der Waals surface area contributed by atoms with Crippen LogP contribution in [0.15, 0.2) is 18.2 Å². The van der Waals surface area contributed by atoms with E-state index in [0.29, 0.717) is 6.04 Å². The molecule has 1 fully saturated rings. The van der Waals surface area contributed by atoms with Crippen LogP contribution in [0.2, 0.25) is 5.02 Å².